The summed E-state index contributed by atoms with van der Waals surface area (Å²) in [6.07, 6.45) is 3.49. The molecule has 0 aliphatic heterocycles. The zero-order chi connectivity index (χ0) is 28.4. The third-order valence-corrected chi connectivity index (χ3v) is 6.14. The molecule has 1 aliphatic rings. The highest BCUT2D eigenvalue weighted by Gasteiger charge is 2.21. The summed E-state index contributed by atoms with van der Waals surface area (Å²) in [6.45, 7) is 6.38. The highest BCUT2D eigenvalue weighted by Crippen LogP contribution is 2.38. The van der Waals surface area contributed by atoms with Crippen LogP contribution in [0.1, 0.15) is 56.7 Å². The Morgan fingerprint density at radius 3 is 2.41 bits per heavy atom. The molecular formula is C29H36N4O5S. The molecule has 208 valence electrons. The Morgan fingerprint density at radius 1 is 0.974 bits per heavy atom. The predicted molar refractivity (Wildman–Crippen MR) is 154 cm³/mol. The van der Waals surface area contributed by atoms with Crippen molar-refractivity contribution in [3.8, 4) is 11.1 Å². The lowest BCUT2D eigenvalue weighted by Crippen LogP contribution is -2.42. The average molecular weight is 553 g/mol. The molecule has 0 bridgehead atoms. The van der Waals surface area contributed by atoms with Crippen molar-refractivity contribution in [2.75, 3.05) is 13.1 Å². The topological polar surface area (TPSA) is 132 Å². The van der Waals surface area contributed by atoms with Gasteiger partial charge < -0.3 is 25.8 Å². The first kappa shape index (κ1) is 29.6. The highest BCUT2D eigenvalue weighted by atomic mass is 32.1. The van der Waals surface area contributed by atoms with E-state index in [4.69, 9.17) is 27.4 Å². The Bertz CT molecular complexity index is 1250. The first-order chi connectivity index (χ1) is 18.5. The Hall–Kier alpha value is -3.92. The minimum Gasteiger partial charge on any atom is -0.458 e. The minimum atomic E-state index is -0.669. The van der Waals surface area contributed by atoms with Crippen LogP contribution in [0.4, 0.5) is 4.79 Å². The van der Waals surface area contributed by atoms with Crippen LogP contribution in [0.15, 0.2) is 54.2 Å². The molecular weight excluding hydrogens is 516 g/mol. The minimum absolute atomic E-state index is 0.103. The molecule has 39 heavy (non-hydrogen) atoms. The van der Waals surface area contributed by atoms with Crippen LogP contribution in [0.5, 0.6) is 0 Å². The second-order valence-corrected chi connectivity index (χ2v) is 10.6. The maximum atomic E-state index is 12.3. The van der Waals surface area contributed by atoms with Crippen molar-refractivity contribution >= 4 is 35.3 Å². The number of esters is 1. The van der Waals surface area contributed by atoms with Gasteiger partial charge in [-0.2, -0.15) is 0 Å². The van der Waals surface area contributed by atoms with Crippen molar-refractivity contribution in [3.05, 3.63) is 70.9 Å². The van der Waals surface area contributed by atoms with E-state index >= 15 is 0 Å². The number of unbranched alkanes of at least 4 members (excludes halogenated alkanes) is 2. The molecule has 0 saturated heterocycles. The molecule has 10 heteroatoms. The van der Waals surface area contributed by atoms with Crippen LogP contribution >= 0.6 is 12.2 Å². The number of benzene rings is 2. The predicted octanol–water partition coefficient (Wildman–Crippen LogP) is 3.83. The summed E-state index contributed by atoms with van der Waals surface area (Å²) >= 11 is 5.06. The fourth-order valence-electron chi connectivity index (χ4n) is 4.11. The molecule has 5 N–H and O–H groups in total. The van der Waals surface area contributed by atoms with Gasteiger partial charge in [0.05, 0.1) is 6.08 Å². The summed E-state index contributed by atoms with van der Waals surface area (Å²) in [5.41, 5.74) is 10.7. The third kappa shape index (κ3) is 9.40. The van der Waals surface area contributed by atoms with Crippen molar-refractivity contribution < 1.29 is 23.9 Å². The lowest BCUT2D eigenvalue weighted by molar-refractivity contribution is -0.139. The zero-order valence-electron chi connectivity index (χ0n) is 22.6. The fourth-order valence-corrected chi connectivity index (χ4v) is 4.30. The van der Waals surface area contributed by atoms with Crippen molar-refractivity contribution in [2.24, 2.45) is 5.73 Å². The summed E-state index contributed by atoms with van der Waals surface area (Å²) in [5.74, 6) is -1.19. The average Bonchev–Trinajstić information content (AvgIpc) is 3.25. The van der Waals surface area contributed by atoms with Gasteiger partial charge in [-0.25, -0.2) is 9.59 Å². The number of nitrogens with two attached hydrogens (primary N) is 1. The summed E-state index contributed by atoms with van der Waals surface area (Å²) in [6, 6.07) is 14.2. The molecule has 9 nitrogen and oxygen atoms in total. The molecule has 0 unspecified atom stereocenters. The number of hydrogen-bond donors (Lipinski definition) is 4. The van der Waals surface area contributed by atoms with Crippen LogP contribution in [0.2, 0.25) is 0 Å². The number of thiocarbonyl (C=S) groups is 1. The number of hydrogen-bond acceptors (Lipinski definition) is 7. The quantitative estimate of drug-likeness (QED) is 0.129. The van der Waals surface area contributed by atoms with Crippen LogP contribution in [0.3, 0.4) is 0 Å². The van der Waals surface area contributed by atoms with Gasteiger partial charge in [0.15, 0.2) is 5.11 Å². The van der Waals surface area contributed by atoms with E-state index in [1.54, 1.807) is 20.8 Å². The van der Waals surface area contributed by atoms with E-state index in [0.29, 0.717) is 19.5 Å². The van der Waals surface area contributed by atoms with Crippen molar-refractivity contribution in [1.82, 2.24) is 16.0 Å². The number of rotatable bonds is 10. The van der Waals surface area contributed by atoms with Gasteiger partial charge in [0, 0.05) is 13.1 Å². The number of alkyl carbamates (subject to hydrolysis) is 1. The molecule has 0 spiro atoms. The van der Waals surface area contributed by atoms with Gasteiger partial charge in [-0.1, -0.05) is 42.5 Å². The first-order valence-electron chi connectivity index (χ1n) is 12.9. The second kappa shape index (κ2) is 13.7. The third-order valence-electron chi connectivity index (χ3n) is 5.89. The Morgan fingerprint density at radius 2 is 1.67 bits per heavy atom. The number of amides is 2. The largest absolute Gasteiger partial charge is 0.458 e. The summed E-state index contributed by atoms with van der Waals surface area (Å²) in [4.78, 5) is 36.2. The molecule has 2 amide bonds. The van der Waals surface area contributed by atoms with Gasteiger partial charge in [-0.15, -0.1) is 0 Å². The van der Waals surface area contributed by atoms with E-state index in [2.05, 4.69) is 34.1 Å². The van der Waals surface area contributed by atoms with Crippen LogP contribution in [-0.2, 0) is 32.1 Å². The summed E-state index contributed by atoms with van der Waals surface area (Å²) in [7, 11) is 0. The Kier molecular flexibility index (Phi) is 10.4. The van der Waals surface area contributed by atoms with Crippen LogP contribution in [0.25, 0.3) is 11.1 Å². The van der Waals surface area contributed by atoms with Crippen LogP contribution in [-0.4, -0.2) is 41.8 Å². The lowest BCUT2D eigenvalue weighted by Gasteiger charge is -2.20. The Balaban J connectivity index is 1.31. The number of carbonyl (C=O) groups excluding carboxylic acids is 3. The van der Waals surface area contributed by atoms with Crippen LogP contribution < -0.4 is 21.7 Å². The van der Waals surface area contributed by atoms with Crippen molar-refractivity contribution in [3.63, 3.8) is 0 Å². The van der Waals surface area contributed by atoms with Gasteiger partial charge >= 0.3 is 12.1 Å². The van der Waals surface area contributed by atoms with Crippen molar-refractivity contribution in [1.29, 1.82) is 0 Å². The van der Waals surface area contributed by atoms with E-state index < -0.39 is 23.6 Å². The smallest absolute Gasteiger partial charge is 0.413 e. The maximum absolute atomic E-state index is 12.3. The lowest BCUT2D eigenvalue weighted by atomic mass is 10.0. The van der Waals surface area contributed by atoms with E-state index in [9.17, 15) is 14.4 Å². The van der Waals surface area contributed by atoms with Gasteiger partial charge in [-0.3, -0.25) is 10.1 Å². The van der Waals surface area contributed by atoms with Gasteiger partial charge in [-0.05, 0) is 86.5 Å². The van der Waals surface area contributed by atoms with Crippen LogP contribution in [0, 0.1) is 0 Å². The zero-order valence-corrected chi connectivity index (χ0v) is 23.4. The molecule has 0 fully saturated rings. The molecule has 1 aliphatic carbocycles. The maximum Gasteiger partial charge on any atom is 0.413 e. The van der Waals surface area contributed by atoms with E-state index in [-0.39, 0.29) is 17.4 Å². The monoisotopic (exact) mass is 552 g/mol. The number of fused-ring (bicyclic) bond motifs is 3. The van der Waals surface area contributed by atoms with E-state index in [1.165, 1.54) is 11.1 Å². The molecule has 0 atom stereocenters. The molecule has 0 aromatic heterocycles. The number of ether oxygens (including phenoxy) is 2. The molecule has 3 rings (SSSR count). The second-order valence-electron chi connectivity index (χ2n) is 10.2. The first-order valence-corrected chi connectivity index (χ1v) is 13.3. The summed E-state index contributed by atoms with van der Waals surface area (Å²) in [5, 5.41) is 8.28. The normalized spacial score (nSPS) is 12.1. The molecule has 0 heterocycles. The molecule has 2 aromatic carbocycles. The van der Waals surface area contributed by atoms with Gasteiger partial charge in [0.25, 0.3) is 5.91 Å². The fraction of sp³-hybridized carbons (Fsp3) is 0.379. The molecule has 0 radical (unpaired) electrons. The highest BCUT2D eigenvalue weighted by molar-refractivity contribution is 7.80. The van der Waals surface area contributed by atoms with Crippen molar-refractivity contribution in [2.45, 2.75) is 58.7 Å². The SMILES string of the molecule is CC(C)(C)OC(=O)NC(=S)NCCCCCNC(=O)C(N)=CC(=O)OCc1cccc2c1Cc1ccccc1-2. The van der Waals surface area contributed by atoms with E-state index in [1.807, 2.05) is 24.3 Å². The van der Waals surface area contributed by atoms with Gasteiger partial charge in [0.2, 0.25) is 0 Å². The number of nitrogens with one attached hydrogen (secondary N) is 3. The number of carbonyl (C=O) groups is 3. The summed E-state index contributed by atoms with van der Waals surface area (Å²) < 4.78 is 10.5. The Labute approximate surface area is 234 Å². The standard InChI is InChI=1S/C29H36N4O5S/c1-29(2,3)38-28(36)33-27(39)32-15-8-4-7-14-31-26(35)24(30)17-25(34)37-18-20-11-9-13-22-21-12-6-5-10-19(21)16-23(20)22/h5-6,9-13,17H,4,7-8,14-16,18,30H2,1-3H3,(H,31,35)(H2,32,33,36,39). The molecule has 2 aromatic rings. The van der Waals surface area contributed by atoms with E-state index in [0.717, 1.165) is 42.0 Å². The van der Waals surface area contributed by atoms with Gasteiger partial charge in [0.1, 0.15) is 17.9 Å². The molecule has 0 saturated carbocycles.